The molecule has 0 spiro atoms. The van der Waals surface area contributed by atoms with Gasteiger partial charge in [0.25, 0.3) is 0 Å². The van der Waals surface area contributed by atoms with Gasteiger partial charge < -0.3 is 14.3 Å². The molecule has 2 fully saturated rings. The average Bonchev–Trinajstić information content (AvgIpc) is 3.10. The molecule has 6 nitrogen and oxygen atoms in total. The maximum atomic E-state index is 12.6. The van der Waals surface area contributed by atoms with Gasteiger partial charge in [0.2, 0.25) is 11.8 Å². The van der Waals surface area contributed by atoms with Crippen LogP contribution >= 0.6 is 0 Å². The predicted octanol–water partition coefficient (Wildman–Crippen LogP) is 1.52. The molecule has 2 aliphatic heterocycles. The third kappa shape index (κ3) is 2.32. The van der Waals surface area contributed by atoms with E-state index in [1.165, 1.54) is 0 Å². The lowest BCUT2D eigenvalue weighted by molar-refractivity contribution is -0.159. The zero-order valence-corrected chi connectivity index (χ0v) is 12.7. The van der Waals surface area contributed by atoms with Crippen LogP contribution in [0.15, 0.2) is 10.6 Å². The predicted molar refractivity (Wildman–Crippen MR) is 75.3 cm³/mol. The fourth-order valence-corrected chi connectivity index (χ4v) is 3.10. The molecule has 2 saturated heterocycles. The summed E-state index contributed by atoms with van der Waals surface area (Å²) in [7, 11) is 0. The van der Waals surface area contributed by atoms with Crippen molar-refractivity contribution in [2.45, 2.75) is 58.2 Å². The van der Waals surface area contributed by atoms with Crippen molar-refractivity contribution in [2.24, 2.45) is 0 Å². The molecule has 0 N–H and O–H groups in total. The molecule has 2 amide bonds. The highest BCUT2D eigenvalue weighted by Gasteiger charge is 2.46. The largest absolute Gasteiger partial charge is 0.359 e. The van der Waals surface area contributed by atoms with Crippen molar-refractivity contribution in [3.05, 3.63) is 17.5 Å². The van der Waals surface area contributed by atoms with E-state index in [4.69, 9.17) is 4.52 Å². The summed E-state index contributed by atoms with van der Waals surface area (Å²) in [6, 6.07) is 1.16. The lowest BCUT2D eigenvalue weighted by atomic mass is 10.1. The first-order valence-corrected chi connectivity index (χ1v) is 7.55. The van der Waals surface area contributed by atoms with Crippen molar-refractivity contribution in [3.63, 3.8) is 0 Å². The number of carbonyl (C=O) groups is 2. The molecular weight excluding hydrogens is 270 g/mol. The van der Waals surface area contributed by atoms with Gasteiger partial charge in [0.15, 0.2) is 5.76 Å². The Morgan fingerprint density at radius 2 is 2.14 bits per heavy atom. The number of amides is 2. The van der Waals surface area contributed by atoms with Crippen LogP contribution in [0.2, 0.25) is 0 Å². The van der Waals surface area contributed by atoms with Crippen molar-refractivity contribution in [1.82, 2.24) is 15.0 Å². The Hall–Kier alpha value is -1.85. The van der Waals surface area contributed by atoms with Gasteiger partial charge in [0.1, 0.15) is 12.1 Å². The van der Waals surface area contributed by atoms with E-state index in [0.29, 0.717) is 18.8 Å². The minimum absolute atomic E-state index is 0.0297. The first-order chi connectivity index (χ1) is 9.99. The second-order valence-electron chi connectivity index (χ2n) is 6.20. The summed E-state index contributed by atoms with van der Waals surface area (Å²) in [4.78, 5) is 28.3. The molecule has 2 aliphatic rings. The van der Waals surface area contributed by atoms with E-state index in [1.807, 2.05) is 19.9 Å². The minimum Gasteiger partial charge on any atom is -0.359 e. The molecule has 0 saturated carbocycles. The Morgan fingerprint density at radius 1 is 1.38 bits per heavy atom. The molecule has 0 radical (unpaired) electrons. The molecule has 114 valence electrons. The number of aromatic nitrogens is 1. The number of hydrogen-bond donors (Lipinski definition) is 0. The molecule has 2 atom stereocenters. The van der Waals surface area contributed by atoms with Crippen LogP contribution in [-0.2, 0) is 16.1 Å². The van der Waals surface area contributed by atoms with Gasteiger partial charge in [-0.3, -0.25) is 9.59 Å². The molecule has 0 aliphatic carbocycles. The van der Waals surface area contributed by atoms with Gasteiger partial charge in [-0.15, -0.1) is 0 Å². The van der Waals surface area contributed by atoms with Crippen LogP contribution in [-0.4, -0.2) is 45.4 Å². The molecule has 1 aromatic rings. The normalized spacial score (nSPS) is 25.9. The van der Waals surface area contributed by atoms with Crippen molar-refractivity contribution in [3.8, 4) is 0 Å². The zero-order chi connectivity index (χ0) is 15.1. The lowest BCUT2D eigenvalue weighted by Crippen LogP contribution is -2.61. The number of rotatable bonds is 3. The van der Waals surface area contributed by atoms with E-state index in [-0.39, 0.29) is 23.8 Å². The minimum atomic E-state index is -0.431. The quantitative estimate of drug-likeness (QED) is 0.847. The Balaban J connectivity index is 1.80. The van der Waals surface area contributed by atoms with E-state index in [9.17, 15) is 9.59 Å². The molecular formula is C15H21N3O3. The van der Waals surface area contributed by atoms with Gasteiger partial charge in [-0.25, -0.2) is 0 Å². The molecule has 0 bridgehead atoms. The van der Waals surface area contributed by atoms with E-state index in [1.54, 1.807) is 16.7 Å². The Kier molecular flexibility index (Phi) is 3.47. The van der Waals surface area contributed by atoms with Crippen LogP contribution in [0, 0.1) is 0 Å². The second kappa shape index (κ2) is 5.16. The molecule has 6 heteroatoms. The van der Waals surface area contributed by atoms with Gasteiger partial charge in [-0.2, -0.15) is 0 Å². The van der Waals surface area contributed by atoms with Gasteiger partial charge >= 0.3 is 0 Å². The monoisotopic (exact) mass is 291 g/mol. The second-order valence-corrected chi connectivity index (χ2v) is 6.20. The van der Waals surface area contributed by atoms with Crippen LogP contribution in [0.4, 0.5) is 0 Å². The Bertz CT molecular complexity index is 566. The molecule has 3 rings (SSSR count). The third-order valence-corrected chi connectivity index (χ3v) is 4.42. The number of piperazine rings is 1. The number of nitrogens with zero attached hydrogens (tertiary/aromatic N) is 3. The maximum absolute atomic E-state index is 12.6. The summed E-state index contributed by atoms with van der Waals surface area (Å²) in [6.45, 7) is 6.88. The van der Waals surface area contributed by atoms with Crippen molar-refractivity contribution < 1.29 is 14.1 Å². The van der Waals surface area contributed by atoms with Crippen LogP contribution in [0.5, 0.6) is 0 Å². The van der Waals surface area contributed by atoms with Crippen molar-refractivity contribution >= 4 is 11.8 Å². The van der Waals surface area contributed by atoms with E-state index in [0.717, 1.165) is 18.5 Å². The maximum Gasteiger partial charge on any atom is 0.246 e. The molecule has 0 aromatic carbocycles. The van der Waals surface area contributed by atoms with Crippen molar-refractivity contribution in [1.29, 1.82) is 0 Å². The zero-order valence-electron chi connectivity index (χ0n) is 12.7. The number of carbonyl (C=O) groups excluding carboxylic acids is 2. The third-order valence-electron chi connectivity index (χ3n) is 4.42. The van der Waals surface area contributed by atoms with Crippen LogP contribution in [0.1, 0.15) is 51.0 Å². The van der Waals surface area contributed by atoms with E-state index in [2.05, 4.69) is 5.16 Å². The van der Waals surface area contributed by atoms with Gasteiger partial charge in [-0.05, 0) is 25.7 Å². The van der Waals surface area contributed by atoms with Crippen LogP contribution < -0.4 is 0 Å². The summed E-state index contributed by atoms with van der Waals surface area (Å²) in [5, 5.41) is 4.01. The molecule has 21 heavy (non-hydrogen) atoms. The summed E-state index contributed by atoms with van der Waals surface area (Å²) < 4.78 is 5.30. The SMILES string of the molecule is CC(C)c1cc(CN2C(=O)[C@@H]3CCCN3C(=O)[C@@H]2C)on1. The summed E-state index contributed by atoms with van der Waals surface area (Å²) in [5.41, 5.74) is 0.871. The van der Waals surface area contributed by atoms with E-state index < -0.39 is 6.04 Å². The fourth-order valence-electron chi connectivity index (χ4n) is 3.10. The highest BCUT2D eigenvalue weighted by atomic mass is 16.5. The lowest BCUT2D eigenvalue weighted by Gasteiger charge is -2.40. The van der Waals surface area contributed by atoms with Crippen LogP contribution in [0.25, 0.3) is 0 Å². The number of hydrogen-bond acceptors (Lipinski definition) is 4. The van der Waals surface area contributed by atoms with Gasteiger partial charge in [0.05, 0.1) is 12.2 Å². The van der Waals surface area contributed by atoms with Gasteiger partial charge in [0, 0.05) is 12.6 Å². The summed E-state index contributed by atoms with van der Waals surface area (Å²) in [5.74, 6) is 0.991. The first-order valence-electron chi connectivity index (χ1n) is 7.55. The standard InChI is InChI=1S/C15H21N3O3/c1-9(2)12-7-11(21-16-12)8-18-10(3)14(19)17-6-4-5-13(17)15(18)20/h7,9-10,13H,4-6,8H2,1-3H3/t10-,13-/m0/s1. The van der Waals surface area contributed by atoms with E-state index >= 15 is 0 Å². The van der Waals surface area contributed by atoms with Gasteiger partial charge in [-0.1, -0.05) is 19.0 Å². The summed E-state index contributed by atoms with van der Waals surface area (Å²) in [6.07, 6.45) is 1.67. The average molecular weight is 291 g/mol. The summed E-state index contributed by atoms with van der Waals surface area (Å²) >= 11 is 0. The fraction of sp³-hybridized carbons (Fsp3) is 0.667. The number of fused-ring (bicyclic) bond motifs is 1. The smallest absolute Gasteiger partial charge is 0.246 e. The Labute approximate surface area is 124 Å². The highest BCUT2D eigenvalue weighted by Crippen LogP contribution is 2.28. The van der Waals surface area contributed by atoms with Crippen molar-refractivity contribution in [2.75, 3.05) is 6.54 Å². The highest BCUT2D eigenvalue weighted by molar-refractivity contribution is 5.97. The first kappa shape index (κ1) is 14.1. The molecule has 3 heterocycles. The topological polar surface area (TPSA) is 66.7 Å². The molecule has 0 unspecified atom stereocenters. The Morgan fingerprint density at radius 3 is 2.81 bits per heavy atom. The molecule has 1 aromatic heterocycles. The van der Waals surface area contributed by atoms with Crippen LogP contribution in [0.3, 0.4) is 0 Å².